The molecule has 0 saturated carbocycles. The van der Waals surface area contributed by atoms with Crippen LogP contribution in [-0.2, 0) is 13.0 Å². The molecular formula is C15H20F2N4. The number of benzene rings is 1. The molecule has 1 N–H and O–H groups in total. The number of hydrogen-bond acceptors (Lipinski definition) is 3. The van der Waals surface area contributed by atoms with Gasteiger partial charge in [-0.1, -0.05) is 25.1 Å². The molecule has 0 aliphatic heterocycles. The smallest absolute Gasteiger partial charge is 0.159 e. The van der Waals surface area contributed by atoms with Crippen LogP contribution in [0.5, 0.6) is 0 Å². The fraction of sp³-hybridized carbons (Fsp3) is 0.467. The maximum absolute atomic E-state index is 13.3. The molecule has 1 unspecified atom stereocenters. The summed E-state index contributed by atoms with van der Waals surface area (Å²) < 4.78 is 28.2. The van der Waals surface area contributed by atoms with Gasteiger partial charge in [0.2, 0.25) is 0 Å². The third kappa shape index (κ3) is 3.85. The minimum absolute atomic E-state index is 0.0265. The molecule has 0 bridgehead atoms. The average Bonchev–Trinajstić information content (AvgIpc) is 2.91. The summed E-state index contributed by atoms with van der Waals surface area (Å²) in [5.41, 5.74) is 1.70. The lowest BCUT2D eigenvalue weighted by Crippen LogP contribution is -2.26. The molecule has 6 heteroatoms. The van der Waals surface area contributed by atoms with Crippen molar-refractivity contribution in [3.8, 4) is 0 Å². The van der Waals surface area contributed by atoms with Crippen molar-refractivity contribution in [2.24, 2.45) is 0 Å². The Balaban J connectivity index is 2.22. The monoisotopic (exact) mass is 294 g/mol. The van der Waals surface area contributed by atoms with Crippen LogP contribution in [0.15, 0.2) is 24.4 Å². The molecule has 2 rings (SSSR count). The van der Waals surface area contributed by atoms with Gasteiger partial charge in [-0.05, 0) is 37.1 Å². The average molecular weight is 294 g/mol. The summed E-state index contributed by atoms with van der Waals surface area (Å²) in [6.45, 7) is 5.63. The number of rotatable bonds is 7. The highest BCUT2D eigenvalue weighted by Crippen LogP contribution is 2.19. The third-order valence-electron chi connectivity index (χ3n) is 3.31. The second kappa shape index (κ2) is 7.26. The molecular weight excluding hydrogens is 274 g/mol. The van der Waals surface area contributed by atoms with Gasteiger partial charge >= 0.3 is 0 Å². The molecule has 1 atom stereocenters. The predicted octanol–water partition coefficient (Wildman–Crippen LogP) is 2.86. The van der Waals surface area contributed by atoms with Crippen molar-refractivity contribution in [2.45, 2.75) is 39.3 Å². The fourth-order valence-corrected chi connectivity index (χ4v) is 2.35. The van der Waals surface area contributed by atoms with E-state index in [0.29, 0.717) is 6.42 Å². The highest BCUT2D eigenvalue weighted by atomic mass is 19.2. The molecule has 114 valence electrons. The summed E-state index contributed by atoms with van der Waals surface area (Å²) in [5.74, 6) is -1.64. The second-order valence-electron chi connectivity index (χ2n) is 4.94. The first-order chi connectivity index (χ1) is 10.2. The van der Waals surface area contributed by atoms with Crippen LogP contribution >= 0.6 is 0 Å². The molecule has 1 aromatic carbocycles. The zero-order valence-electron chi connectivity index (χ0n) is 12.3. The lowest BCUT2D eigenvalue weighted by Gasteiger charge is -2.19. The zero-order valence-corrected chi connectivity index (χ0v) is 12.3. The third-order valence-corrected chi connectivity index (χ3v) is 3.31. The number of nitrogens with one attached hydrogen (secondary N) is 1. The minimum Gasteiger partial charge on any atom is -0.309 e. The lowest BCUT2D eigenvalue weighted by molar-refractivity contribution is 0.470. The van der Waals surface area contributed by atoms with E-state index in [1.165, 1.54) is 6.07 Å². The Hall–Kier alpha value is -1.82. The Kier molecular flexibility index (Phi) is 5.38. The molecule has 0 aliphatic carbocycles. The molecule has 4 nitrogen and oxygen atoms in total. The van der Waals surface area contributed by atoms with Gasteiger partial charge < -0.3 is 5.32 Å². The van der Waals surface area contributed by atoms with Crippen LogP contribution < -0.4 is 5.32 Å². The zero-order chi connectivity index (χ0) is 15.2. The fourth-order valence-electron chi connectivity index (χ4n) is 2.35. The van der Waals surface area contributed by atoms with E-state index in [4.69, 9.17) is 0 Å². The quantitative estimate of drug-likeness (QED) is 0.854. The molecule has 2 aromatic rings. The molecule has 21 heavy (non-hydrogen) atoms. The molecule has 1 aromatic heterocycles. The van der Waals surface area contributed by atoms with Crippen LogP contribution in [0.2, 0.25) is 0 Å². The van der Waals surface area contributed by atoms with E-state index in [2.05, 4.69) is 22.6 Å². The van der Waals surface area contributed by atoms with Gasteiger partial charge in [0.15, 0.2) is 11.6 Å². The van der Waals surface area contributed by atoms with E-state index in [0.717, 1.165) is 36.8 Å². The topological polar surface area (TPSA) is 42.7 Å². The Morgan fingerprint density at radius 2 is 2.05 bits per heavy atom. The molecule has 0 saturated heterocycles. The summed E-state index contributed by atoms with van der Waals surface area (Å²) in [6.07, 6.45) is 3.24. The lowest BCUT2D eigenvalue weighted by atomic mass is 10.0. The minimum atomic E-state index is -0.823. The number of aromatic nitrogens is 3. The maximum Gasteiger partial charge on any atom is 0.159 e. The largest absolute Gasteiger partial charge is 0.309 e. The van der Waals surface area contributed by atoms with Crippen LogP contribution in [0, 0.1) is 11.6 Å². The summed E-state index contributed by atoms with van der Waals surface area (Å²) in [6, 6.07) is 3.99. The Labute approximate surface area is 123 Å². The van der Waals surface area contributed by atoms with E-state index >= 15 is 0 Å². The predicted molar refractivity (Wildman–Crippen MR) is 76.8 cm³/mol. The molecule has 0 spiro atoms. The van der Waals surface area contributed by atoms with Gasteiger partial charge in [-0.25, -0.2) is 13.5 Å². The highest BCUT2D eigenvalue weighted by Gasteiger charge is 2.17. The summed E-state index contributed by atoms with van der Waals surface area (Å²) in [4.78, 5) is 0. The number of aryl methyl sites for hydroxylation is 1. The van der Waals surface area contributed by atoms with Crippen molar-refractivity contribution in [3.05, 3.63) is 47.3 Å². The number of nitrogens with zero attached hydrogens (tertiary/aromatic N) is 3. The summed E-state index contributed by atoms with van der Waals surface area (Å²) >= 11 is 0. The van der Waals surface area contributed by atoms with Crippen molar-refractivity contribution in [1.29, 1.82) is 0 Å². The molecule has 0 aliphatic rings. The molecule has 0 amide bonds. The molecule has 0 radical (unpaired) electrons. The van der Waals surface area contributed by atoms with Gasteiger partial charge in [-0.15, -0.1) is 5.10 Å². The highest BCUT2D eigenvalue weighted by molar-refractivity contribution is 5.20. The van der Waals surface area contributed by atoms with E-state index < -0.39 is 11.6 Å². The van der Waals surface area contributed by atoms with E-state index in [1.54, 1.807) is 12.3 Å². The van der Waals surface area contributed by atoms with E-state index in [-0.39, 0.29) is 6.04 Å². The Morgan fingerprint density at radius 3 is 2.71 bits per heavy atom. The van der Waals surface area contributed by atoms with Crippen molar-refractivity contribution >= 4 is 0 Å². The van der Waals surface area contributed by atoms with Gasteiger partial charge in [-0.2, -0.15) is 0 Å². The van der Waals surface area contributed by atoms with Crippen LogP contribution in [-0.4, -0.2) is 21.5 Å². The second-order valence-corrected chi connectivity index (χ2v) is 4.94. The van der Waals surface area contributed by atoms with Crippen molar-refractivity contribution < 1.29 is 8.78 Å². The van der Waals surface area contributed by atoms with E-state index in [1.807, 2.05) is 11.6 Å². The van der Waals surface area contributed by atoms with Crippen molar-refractivity contribution in [1.82, 2.24) is 20.3 Å². The van der Waals surface area contributed by atoms with E-state index in [9.17, 15) is 8.78 Å². The maximum atomic E-state index is 13.3. The normalized spacial score (nSPS) is 12.6. The van der Waals surface area contributed by atoms with Gasteiger partial charge in [0.05, 0.1) is 17.9 Å². The van der Waals surface area contributed by atoms with Gasteiger partial charge in [-0.3, -0.25) is 0 Å². The number of likely N-dealkylation sites (N-methyl/N-ethyl adjacent to an activating group) is 1. The Morgan fingerprint density at radius 1 is 1.24 bits per heavy atom. The first-order valence-corrected chi connectivity index (χ1v) is 7.21. The number of halogens is 2. The number of hydrogen-bond donors (Lipinski definition) is 1. The standard InChI is InChI=1S/C15H20F2N4/c1-3-7-21-15(10-19-20-21)14(18-4-2)9-11-5-6-12(16)13(17)8-11/h5-6,8,10,14,18H,3-4,7,9H2,1-2H3. The van der Waals surface area contributed by atoms with Crippen molar-refractivity contribution in [3.63, 3.8) is 0 Å². The van der Waals surface area contributed by atoms with Gasteiger partial charge in [0.25, 0.3) is 0 Å². The van der Waals surface area contributed by atoms with Crippen LogP contribution in [0.4, 0.5) is 8.78 Å². The Bertz CT molecular complexity index is 583. The molecule has 0 fully saturated rings. The SMILES string of the molecule is CCCn1nncc1C(Cc1ccc(F)c(F)c1)NCC. The summed E-state index contributed by atoms with van der Waals surface area (Å²) in [7, 11) is 0. The first-order valence-electron chi connectivity index (χ1n) is 7.21. The van der Waals surface area contributed by atoms with Gasteiger partial charge in [0, 0.05) is 6.54 Å². The first kappa shape index (κ1) is 15.6. The van der Waals surface area contributed by atoms with Crippen LogP contribution in [0.25, 0.3) is 0 Å². The van der Waals surface area contributed by atoms with Gasteiger partial charge in [0.1, 0.15) is 0 Å². The summed E-state index contributed by atoms with van der Waals surface area (Å²) in [5, 5.41) is 11.4. The van der Waals surface area contributed by atoms with Crippen molar-refractivity contribution in [2.75, 3.05) is 6.54 Å². The van der Waals surface area contributed by atoms with Crippen LogP contribution in [0.3, 0.4) is 0 Å². The molecule has 1 heterocycles. The van der Waals surface area contributed by atoms with Crippen LogP contribution in [0.1, 0.15) is 37.6 Å².